The van der Waals surface area contributed by atoms with Gasteiger partial charge in [-0.05, 0) is 48.4 Å². The number of hydrogen-bond donors (Lipinski definition) is 4. The van der Waals surface area contributed by atoms with Crippen molar-refractivity contribution >= 4 is 29.9 Å². The van der Waals surface area contributed by atoms with E-state index in [1.165, 1.54) is 14.2 Å². The SMILES string of the molecule is COc1cc(OC)c(C)c(C(Nc2ccc(C(=N)N)cc2)C(=O)O)c1.Cl. The van der Waals surface area contributed by atoms with E-state index < -0.39 is 12.0 Å². The molecular weight excluding hydrogens is 358 g/mol. The molecule has 0 saturated carbocycles. The van der Waals surface area contributed by atoms with Crippen LogP contribution in [0.2, 0.25) is 0 Å². The van der Waals surface area contributed by atoms with Gasteiger partial charge in [0.15, 0.2) is 6.04 Å². The predicted molar refractivity (Wildman–Crippen MR) is 103 cm³/mol. The van der Waals surface area contributed by atoms with Gasteiger partial charge in [-0.3, -0.25) is 5.41 Å². The molecule has 0 saturated heterocycles. The lowest BCUT2D eigenvalue weighted by molar-refractivity contribution is -0.138. The van der Waals surface area contributed by atoms with Crippen LogP contribution in [0.3, 0.4) is 0 Å². The van der Waals surface area contributed by atoms with Crippen molar-refractivity contribution in [2.45, 2.75) is 13.0 Å². The quantitative estimate of drug-likeness (QED) is 0.434. The monoisotopic (exact) mass is 379 g/mol. The summed E-state index contributed by atoms with van der Waals surface area (Å²) in [5.41, 5.74) is 7.84. The van der Waals surface area contributed by atoms with E-state index in [2.05, 4.69) is 5.32 Å². The molecule has 2 rings (SSSR count). The molecule has 7 nitrogen and oxygen atoms in total. The van der Waals surface area contributed by atoms with E-state index in [9.17, 15) is 9.90 Å². The Morgan fingerprint density at radius 2 is 1.81 bits per heavy atom. The van der Waals surface area contributed by atoms with Gasteiger partial charge in [-0.25, -0.2) is 4.79 Å². The first-order chi connectivity index (χ1) is 11.9. The van der Waals surface area contributed by atoms with E-state index in [1.807, 2.05) is 0 Å². The average Bonchev–Trinajstić information content (AvgIpc) is 2.60. The van der Waals surface area contributed by atoms with Crippen LogP contribution in [0.5, 0.6) is 11.5 Å². The highest BCUT2D eigenvalue weighted by molar-refractivity contribution is 5.95. The first kappa shape index (κ1) is 21.1. The average molecular weight is 380 g/mol. The Balaban J connectivity index is 0.00000338. The van der Waals surface area contributed by atoms with Crippen LogP contribution in [0, 0.1) is 12.3 Å². The Bertz CT molecular complexity index is 794. The van der Waals surface area contributed by atoms with Crippen molar-refractivity contribution < 1.29 is 19.4 Å². The normalized spacial score (nSPS) is 11.0. The molecule has 1 unspecified atom stereocenters. The van der Waals surface area contributed by atoms with Crippen LogP contribution in [0.1, 0.15) is 22.7 Å². The van der Waals surface area contributed by atoms with Gasteiger partial charge in [0.25, 0.3) is 0 Å². The Kier molecular flexibility index (Phi) is 7.28. The highest BCUT2D eigenvalue weighted by Gasteiger charge is 2.24. The minimum absolute atomic E-state index is 0. The summed E-state index contributed by atoms with van der Waals surface area (Å²) in [5, 5.41) is 20.1. The van der Waals surface area contributed by atoms with Gasteiger partial charge in [0.05, 0.1) is 14.2 Å². The summed E-state index contributed by atoms with van der Waals surface area (Å²) in [4.78, 5) is 11.8. The number of aliphatic carboxylic acids is 1. The maximum absolute atomic E-state index is 11.8. The third-order valence-electron chi connectivity index (χ3n) is 3.89. The molecule has 2 aromatic carbocycles. The number of carboxylic acid groups (broad SMARTS) is 1. The van der Waals surface area contributed by atoms with Crippen LogP contribution < -0.4 is 20.5 Å². The molecule has 0 aromatic heterocycles. The Hall–Kier alpha value is -2.93. The van der Waals surface area contributed by atoms with E-state index in [4.69, 9.17) is 20.6 Å². The van der Waals surface area contributed by atoms with E-state index in [0.29, 0.717) is 33.9 Å². The second-order valence-corrected chi connectivity index (χ2v) is 5.45. The van der Waals surface area contributed by atoms with Crippen LogP contribution in [-0.4, -0.2) is 31.1 Å². The minimum atomic E-state index is -1.03. The zero-order chi connectivity index (χ0) is 18.6. The number of methoxy groups -OCH3 is 2. The molecule has 26 heavy (non-hydrogen) atoms. The summed E-state index contributed by atoms with van der Waals surface area (Å²) in [6.07, 6.45) is 0. The zero-order valence-electron chi connectivity index (χ0n) is 14.7. The first-order valence-electron chi connectivity index (χ1n) is 7.53. The molecule has 1 atom stereocenters. The van der Waals surface area contributed by atoms with Crippen LogP contribution in [0.15, 0.2) is 36.4 Å². The van der Waals surface area contributed by atoms with Crippen LogP contribution in [-0.2, 0) is 4.79 Å². The number of benzene rings is 2. The van der Waals surface area contributed by atoms with Crippen molar-refractivity contribution in [3.8, 4) is 11.5 Å². The highest BCUT2D eigenvalue weighted by Crippen LogP contribution is 2.33. The summed E-state index contributed by atoms with van der Waals surface area (Å²) in [6, 6.07) is 9.06. The van der Waals surface area contributed by atoms with Crippen LogP contribution in [0.4, 0.5) is 5.69 Å². The molecule has 0 radical (unpaired) electrons. The van der Waals surface area contributed by atoms with Gasteiger partial charge in [-0.15, -0.1) is 12.4 Å². The van der Waals surface area contributed by atoms with Gasteiger partial charge in [0.1, 0.15) is 17.3 Å². The fourth-order valence-corrected chi connectivity index (χ4v) is 2.50. The molecule has 0 aliphatic rings. The topological polar surface area (TPSA) is 118 Å². The van der Waals surface area contributed by atoms with E-state index in [1.54, 1.807) is 43.3 Å². The fourth-order valence-electron chi connectivity index (χ4n) is 2.50. The Morgan fingerprint density at radius 3 is 2.27 bits per heavy atom. The molecule has 5 N–H and O–H groups in total. The number of amidine groups is 1. The smallest absolute Gasteiger partial charge is 0.330 e. The van der Waals surface area contributed by atoms with Gasteiger partial charge >= 0.3 is 5.97 Å². The number of anilines is 1. The molecule has 0 aliphatic heterocycles. The molecule has 0 amide bonds. The van der Waals surface area contributed by atoms with Gasteiger partial charge < -0.3 is 25.6 Å². The summed E-state index contributed by atoms with van der Waals surface area (Å²) in [6.45, 7) is 1.80. The van der Waals surface area contributed by atoms with Crippen molar-refractivity contribution in [1.82, 2.24) is 0 Å². The molecule has 8 heteroatoms. The lowest BCUT2D eigenvalue weighted by Gasteiger charge is -2.21. The summed E-state index contributed by atoms with van der Waals surface area (Å²) >= 11 is 0. The van der Waals surface area contributed by atoms with Crippen LogP contribution >= 0.6 is 12.4 Å². The van der Waals surface area contributed by atoms with Crippen LogP contribution in [0.25, 0.3) is 0 Å². The molecule has 2 aromatic rings. The van der Waals surface area contributed by atoms with E-state index in [-0.39, 0.29) is 18.2 Å². The third kappa shape index (κ3) is 4.58. The number of nitrogens with one attached hydrogen (secondary N) is 2. The van der Waals surface area contributed by atoms with E-state index >= 15 is 0 Å². The van der Waals surface area contributed by atoms with Gasteiger partial charge in [0.2, 0.25) is 0 Å². The molecule has 0 spiro atoms. The molecule has 0 fully saturated rings. The van der Waals surface area contributed by atoms with Gasteiger partial charge in [-0.1, -0.05) is 0 Å². The number of nitrogens with two attached hydrogens (primary N) is 1. The molecule has 0 heterocycles. The molecule has 0 aliphatic carbocycles. The number of halogens is 1. The van der Waals surface area contributed by atoms with Crippen molar-refractivity contribution in [3.05, 3.63) is 53.1 Å². The number of nitrogen functional groups attached to an aromatic ring is 1. The van der Waals surface area contributed by atoms with Gasteiger partial charge in [0, 0.05) is 17.3 Å². The summed E-state index contributed by atoms with van der Waals surface area (Å²) < 4.78 is 10.5. The lowest BCUT2D eigenvalue weighted by atomic mass is 9.99. The Morgan fingerprint density at radius 1 is 1.19 bits per heavy atom. The number of hydrogen-bond acceptors (Lipinski definition) is 5. The van der Waals surface area contributed by atoms with Crippen molar-refractivity contribution in [2.75, 3.05) is 19.5 Å². The van der Waals surface area contributed by atoms with Crippen molar-refractivity contribution in [2.24, 2.45) is 5.73 Å². The number of carboxylic acids is 1. The van der Waals surface area contributed by atoms with E-state index in [0.717, 1.165) is 0 Å². The fraction of sp³-hybridized carbons (Fsp3) is 0.222. The molecule has 0 bridgehead atoms. The Labute approximate surface area is 158 Å². The maximum atomic E-state index is 11.8. The predicted octanol–water partition coefficient (Wildman–Crippen LogP) is 2.96. The lowest BCUT2D eigenvalue weighted by Crippen LogP contribution is -2.22. The maximum Gasteiger partial charge on any atom is 0.330 e. The highest BCUT2D eigenvalue weighted by atomic mass is 35.5. The standard InChI is InChI=1S/C18H21N3O4.ClH/c1-10-14(8-13(24-2)9-15(10)25-3)16(18(22)23)21-12-6-4-11(5-7-12)17(19)20;/h4-9,16,21H,1-3H3,(H3,19,20)(H,22,23);1H. The summed E-state index contributed by atoms with van der Waals surface area (Å²) in [7, 11) is 3.03. The number of ether oxygens (including phenoxy) is 2. The number of carbonyl (C=O) groups is 1. The minimum Gasteiger partial charge on any atom is -0.497 e. The second kappa shape index (κ2) is 8.96. The van der Waals surface area contributed by atoms with Gasteiger partial charge in [-0.2, -0.15) is 0 Å². The molecular formula is C18H22ClN3O4. The largest absolute Gasteiger partial charge is 0.497 e. The second-order valence-electron chi connectivity index (χ2n) is 5.45. The van der Waals surface area contributed by atoms with Crippen molar-refractivity contribution in [1.29, 1.82) is 5.41 Å². The summed E-state index contributed by atoms with van der Waals surface area (Å²) in [5.74, 6) is -0.0180. The third-order valence-corrected chi connectivity index (χ3v) is 3.89. The molecule has 140 valence electrons. The number of rotatable bonds is 7. The zero-order valence-corrected chi connectivity index (χ0v) is 15.5. The van der Waals surface area contributed by atoms with Crippen molar-refractivity contribution in [3.63, 3.8) is 0 Å². The first-order valence-corrected chi connectivity index (χ1v) is 7.53.